The van der Waals surface area contributed by atoms with Gasteiger partial charge in [0.2, 0.25) is 0 Å². The number of thiol groups is 1. The van der Waals surface area contributed by atoms with Crippen LogP contribution in [0.4, 0.5) is 0 Å². The van der Waals surface area contributed by atoms with Crippen molar-refractivity contribution in [3.63, 3.8) is 0 Å². The number of thioether (sulfide) groups is 1. The molecule has 9 heavy (non-hydrogen) atoms. The van der Waals surface area contributed by atoms with Crippen molar-refractivity contribution in [3.8, 4) is 0 Å². The standard InChI is InChI=1S/C4H6N2OS2/c5-1-2-3(7)6-4(8)9-2/h1,4,8H,5H2,(H,6,7)/b2-1-. The second-order valence-corrected chi connectivity index (χ2v) is 3.49. The molecule has 0 saturated carbocycles. The van der Waals surface area contributed by atoms with E-state index in [1.807, 2.05) is 0 Å². The van der Waals surface area contributed by atoms with Crippen LogP contribution in [0.1, 0.15) is 0 Å². The van der Waals surface area contributed by atoms with E-state index in [9.17, 15) is 4.79 Å². The molecule has 3 nitrogen and oxygen atoms in total. The molecule has 1 fully saturated rings. The van der Waals surface area contributed by atoms with E-state index in [1.165, 1.54) is 18.0 Å². The van der Waals surface area contributed by atoms with Gasteiger partial charge in [-0.05, 0) is 0 Å². The van der Waals surface area contributed by atoms with Crippen molar-refractivity contribution in [2.75, 3.05) is 0 Å². The monoisotopic (exact) mass is 162 g/mol. The third-order valence-electron chi connectivity index (χ3n) is 0.868. The van der Waals surface area contributed by atoms with E-state index < -0.39 is 0 Å². The maximum Gasteiger partial charge on any atom is 0.260 e. The molecule has 1 aliphatic heterocycles. The summed E-state index contributed by atoms with van der Waals surface area (Å²) in [7, 11) is 0. The Bertz CT molecular complexity index is 168. The largest absolute Gasteiger partial charge is 0.404 e. The van der Waals surface area contributed by atoms with Crippen LogP contribution in [-0.4, -0.2) is 10.6 Å². The van der Waals surface area contributed by atoms with Gasteiger partial charge >= 0.3 is 0 Å². The maximum absolute atomic E-state index is 10.7. The Balaban J connectivity index is 2.70. The molecule has 3 N–H and O–H groups in total. The first-order valence-electron chi connectivity index (χ1n) is 2.31. The fourth-order valence-electron chi connectivity index (χ4n) is 0.501. The van der Waals surface area contributed by atoms with E-state index in [0.717, 1.165) is 0 Å². The first-order chi connectivity index (χ1) is 4.24. The molecular weight excluding hydrogens is 156 g/mol. The Morgan fingerprint density at radius 1 is 1.89 bits per heavy atom. The summed E-state index contributed by atoms with van der Waals surface area (Å²) in [5, 5.41) is 2.56. The van der Waals surface area contributed by atoms with Gasteiger partial charge < -0.3 is 11.1 Å². The highest BCUT2D eigenvalue weighted by Crippen LogP contribution is 2.27. The molecule has 50 valence electrons. The highest BCUT2D eigenvalue weighted by Gasteiger charge is 2.23. The Labute approximate surface area is 62.5 Å². The van der Waals surface area contributed by atoms with Crippen LogP contribution >= 0.6 is 24.4 Å². The average Bonchev–Trinajstić information content (AvgIpc) is 2.10. The SMILES string of the molecule is N/C=C1\SC(S)NC1=O. The molecule has 0 aliphatic carbocycles. The summed E-state index contributed by atoms with van der Waals surface area (Å²) >= 11 is 5.31. The Morgan fingerprint density at radius 2 is 2.56 bits per heavy atom. The molecule has 0 aromatic heterocycles. The third kappa shape index (κ3) is 1.34. The zero-order chi connectivity index (χ0) is 6.85. The molecule has 1 amide bonds. The van der Waals surface area contributed by atoms with Crippen LogP contribution in [0.2, 0.25) is 0 Å². The van der Waals surface area contributed by atoms with Crippen LogP contribution in [-0.2, 0) is 4.79 Å². The lowest BCUT2D eigenvalue weighted by Crippen LogP contribution is -2.19. The lowest BCUT2D eigenvalue weighted by molar-refractivity contribution is -0.116. The number of carbonyl (C=O) groups is 1. The lowest BCUT2D eigenvalue weighted by Gasteiger charge is -1.92. The summed E-state index contributed by atoms with van der Waals surface area (Å²) in [6.07, 6.45) is 1.29. The number of hydrogen-bond acceptors (Lipinski definition) is 4. The third-order valence-corrected chi connectivity index (χ3v) is 2.23. The molecule has 0 spiro atoms. The maximum atomic E-state index is 10.7. The van der Waals surface area contributed by atoms with Gasteiger partial charge in [-0.2, -0.15) is 0 Å². The first kappa shape index (κ1) is 6.82. The number of nitrogens with two attached hydrogens (primary N) is 1. The van der Waals surface area contributed by atoms with Crippen molar-refractivity contribution in [1.82, 2.24) is 5.32 Å². The van der Waals surface area contributed by atoms with E-state index in [-0.39, 0.29) is 10.6 Å². The van der Waals surface area contributed by atoms with Crippen molar-refractivity contribution in [1.29, 1.82) is 0 Å². The minimum atomic E-state index is -0.137. The highest BCUT2D eigenvalue weighted by atomic mass is 32.2. The number of nitrogens with one attached hydrogen (secondary N) is 1. The summed E-state index contributed by atoms with van der Waals surface area (Å²) in [5.74, 6) is -0.137. The van der Waals surface area contributed by atoms with E-state index in [2.05, 4.69) is 17.9 Å². The predicted octanol–water partition coefficient (Wildman–Crippen LogP) is -0.137. The fraction of sp³-hybridized carbons (Fsp3) is 0.250. The van der Waals surface area contributed by atoms with Crippen molar-refractivity contribution >= 4 is 30.3 Å². The van der Waals surface area contributed by atoms with E-state index >= 15 is 0 Å². The predicted molar refractivity (Wildman–Crippen MR) is 40.8 cm³/mol. The summed E-state index contributed by atoms with van der Waals surface area (Å²) in [5.41, 5.74) is 5.11. The smallest absolute Gasteiger partial charge is 0.260 e. The molecule has 0 bridgehead atoms. The van der Waals surface area contributed by atoms with Gasteiger partial charge in [-0.3, -0.25) is 4.79 Å². The van der Waals surface area contributed by atoms with Crippen LogP contribution in [0, 0.1) is 0 Å². The summed E-state index contributed by atoms with van der Waals surface area (Å²) in [4.78, 5) is 11.2. The molecular formula is C4H6N2OS2. The Morgan fingerprint density at radius 3 is 2.78 bits per heavy atom. The van der Waals surface area contributed by atoms with E-state index in [0.29, 0.717) is 4.91 Å². The Kier molecular flexibility index (Phi) is 1.92. The van der Waals surface area contributed by atoms with Crippen LogP contribution in [0.3, 0.4) is 0 Å². The molecule has 1 rings (SSSR count). The van der Waals surface area contributed by atoms with Crippen molar-refractivity contribution < 1.29 is 4.79 Å². The molecule has 0 aromatic carbocycles. The lowest BCUT2D eigenvalue weighted by atomic mass is 10.6. The van der Waals surface area contributed by atoms with Gasteiger partial charge in [-0.25, -0.2) is 0 Å². The fourth-order valence-corrected chi connectivity index (χ4v) is 1.61. The van der Waals surface area contributed by atoms with Gasteiger partial charge in [0.05, 0.1) is 4.91 Å². The van der Waals surface area contributed by atoms with Gasteiger partial charge in [0.15, 0.2) is 0 Å². The summed E-state index contributed by atoms with van der Waals surface area (Å²) in [6, 6.07) is 0. The van der Waals surface area contributed by atoms with Crippen LogP contribution in [0.25, 0.3) is 0 Å². The molecule has 1 saturated heterocycles. The molecule has 1 unspecified atom stereocenters. The quantitative estimate of drug-likeness (QED) is 0.343. The molecule has 1 aliphatic rings. The first-order valence-corrected chi connectivity index (χ1v) is 3.71. The van der Waals surface area contributed by atoms with Gasteiger partial charge in [0.1, 0.15) is 4.71 Å². The molecule has 0 radical (unpaired) electrons. The number of hydrogen-bond donors (Lipinski definition) is 3. The number of carbonyl (C=O) groups excluding carboxylic acids is 1. The van der Waals surface area contributed by atoms with Gasteiger partial charge in [0.25, 0.3) is 5.91 Å². The minimum Gasteiger partial charge on any atom is -0.404 e. The van der Waals surface area contributed by atoms with Crippen molar-refractivity contribution in [2.45, 2.75) is 4.71 Å². The average molecular weight is 162 g/mol. The summed E-state index contributed by atoms with van der Waals surface area (Å²) < 4.78 is -0.132. The summed E-state index contributed by atoms with van der Waals surface area (Å²) in [6.45, 7) is 0. The van der Waals surface area contributed by atoms with Crippen LogP contribution < -0.4 is 11.1 Å². The van der Waals surface area contributed by atoms with Gasteiger partial charge in [-0.1, -0.05) is 11.8 Å². The minimum absolute atomic E-state index is 0.132. The second kappa shape index (κ2) is 2.53. The Hall–Kier alpha value is -0.290. The highest BCUT2D eigenvalue weighted by molar-refractivity contribution is 8.14. The van der Waals surface area contributed by atoms with E-state index in [4.69, 9.17) is 5.73 Å². The number of amides is 1. The second-order valence-electron chi connectivity index (χ2n) is 1.47. The van der Waals surface area contributed by atoms with Crippen molar-refractivity contribution in [2.24, 2.45) is 5.73 Å². The normalized spacial score (nSPS) is 31.0. The molecule has 1 heterocycles. The molecule has 0 aromatic rings. The zero-order valence-electron chi connectivity index (χ0n) is 4.50. The zero-order valence-corrected chi connectivity index (χ0v) is 6.21. The van der Waals surface area contributed by atoms with Crippen LogP contribution in [0.5, 0.6) is 0 Å². The molecule has 5 heteroatoms. The molecule has 1 atom stereocenters. The van der Waals surface area contributed by atoms with Crippen molar-refractivity contribution in [3.05, 3.63) is 11.1 Å². The van der Waals surface area contributed by atoms with E-state index in [1.54, 1.807) is 0 Å². The number of rotatable bonds is 0. The topological polar surface area (TPSA) is 55.1 Å². The van der Waals surface area contributed by atoms with Gasteiger partial charge in [-0.15, -0.1) is 12.6 Å². The van der Waals surface area contributed by atoms with Crippen LogP contribution in [0.15, 0.2) is 11.1 Å². The van der Waals surface area contributed by atoms with Gasteiger partial charge in [0, 0.05) is 6.20 Å².